The number of hydrogen-bond acceptors (Lipinski definition) is 4. The monoisotopic (exact) mass is 278 g/mol. The Labute approximate surface area is 119 Å². The summed E-state index contributed by atoms with van der Waals surface area (Å²) in [6.07, 6.45) is 2.60. The van der Waals surface area contributed by atoms with Crippen LogP contribution in [0.15, 0.2) is 24.3 Å². The molecule has 0 aliphatic heterocycles. The van der Waals surface area contributed by atoms with Gasteiger partial charge in [-0.2, -0.15) is 0 Å². The van der Waals surface area contributed by atoms with E-state index in [4.69, 9.17) is 10.5 Å². The number of nitrogens with two attached hydrogens (primary N) is 1. The number of ether oxygens (including phenoxy) is 1. The maximum absolute atomic E-state index is 12.4. The van der Waals surface area contributed by atoms with Crippen LogP contribution in [0.3, 0.4) is 0 Å². The first kappa shape index (κ1) is 14.8. The third kappa shape index (κ3) is 3.95. The summed E-state index contributed by atoms with van der Waals surface area (Å²) in [5, 5.41) is 9.25. The maximum Gasteiger partial charge on any atom is 0.240 e. The number of methoxy groups -OCH3 is 1. The molecule has 1 fully saturated rings. The Hall–Kier alpha value is -1.59. The lowest BCUT2D eigenvalue weighted by molar-refractivity contribution is -0.133. The zero-order chi connectivity index (χ0) is 14.5. The Morgan fingerprint density at radius 3 is 2.65 bits per heavy atom. The molecule has 1 aromatic rings. The molecule has 0 radical (unpaired) electrons. The molecule has 0 heterocycles. The zero-order valence-electron chi connectivity index (χ0n) is 11.8. The van der Waals surface area contributed by atoms with Crippen molar-refractivity contribution in [2.24, 2.45) is 5.73 Å². The molecule has 0 unspecified atom stereocenters. The smallest absolute Gasteiger partial charge is 0.240 e. The standard InChI is InChI=1S/C15H22N2O3/c1-20-9-8-17(12-4-5-12)15(19)14(16)10-11-2-6-13(18)7-3-11/h2-3,6-7,12,14,18H,4-5,8-10,16H2,1H3/t14-/m1/s1. The fourth-order valence-corrected chi connectivity index (χ4v) is 2.23. The minimum atomic E-state index is -0.544. The first-order chi connectivity index (χ1) is 9.61. The number of carbonyl (C=O) groups is 1. The molecule has 110 valence electrons. The quantitative estimate of drug-likeness (QED) is 0.777. The van der Waals surface area contributed by atoms with Crippen LogP contribution in [0.2, 0.25) is 0 Å². The lowest BCUT2D eigenvalue weighted by atomic mass is 10.1. The van der Waals surface area contributed by atoms with Gasteiger partial charge in [-0.3, -0.25) is 4.79 Å². The first-order valence-electron chi connectivity index (χ1n) is 6.94. The van der Waals surface area contributed by atoms with E-state index in [1.807, 2.05) is 4.90 Å². The fraction of sp³-hybridized carbons (Fsp3) is 0.533. The molecule has 1 saturated carbocycles. The molecule has 20 heavy (non-hydrogen) atoms. The Kier molecular flexibility index (Phi) is 4.98. The van der Waals surface area contributed by atoms with Gasteiger partial charge in [-0.25, -0.2) is 0 Å². The van der Waals surface area contributed by atoms with Gasteiger partial charge < -0.3 is 20.5 Å². The van der Waals surface area contributed by atoms with Crippen molar-refractivity contribution in [1.82, 2.24) is 4.90 Å². The summed E-state index contributed by atoms with van der Waals surface area (Å²) in [4.78, 5) is 14.2. The van der Waals surface area contributed by atoms with E-state index < -0.39 is 6.04 Å². The van der Waals surface area contributed by atoms with Crippen molar-refractivity contribution in [1.29, 1.82) is 0 Å². The molecule has 1 atom stereocenters. The van der Waals surface area contributed by atoms with E-state index in [0.29, 0.717) is 25.6 Å². The molecule has 1 aliphatic carbocycles. The highest BCUT2D eigenvalue weighted by atomic mass is 16.5. The third-order valence-corrected chi connectivity index (χ3v) is 3.52. The van der Waals surface area contributed by atoms with Crippen molar-refractivity contribution in [2.45, 2.75) is 31.3 Å². The second-order valence-corrected chi connectivity index (χ2v) is 5.23. The summed E-state index contributed by atoms with van der Waals surface area (Å²) < 4.78 is 5.05. The summed E-state index contributed by atoms with van der Waals surface area (Å²) in [5.74, 6) is 0.200. The van der Waals surface area contributed by atoms with Crippen molar-refractivity contribution in [3.05, 3.63) is 29.8 Å². The highest BCUT2D eigenvalue weighted by molar-refractivity contribution is 5.82. The molecular weight excluding hydrogens is 256 g/mol. The van der Waals surface area contributed by atoms with Gasteiger partial charge >= 0.3 is 0 Å². The minimum Gasteiger partial charge on any atom is -0.508 e. The maximum atomic E-state index is 12.4. The molecule has 1 aromatic carbocycles. The molecule has 1 aliphatic rings. The number of carbonyl (C=O) groups excluding carboxylic acids is 1. The summed E-state index contributed by atoms with van der Waals surface area (Å²) in [5.41, 5.74) is 6.98. The van der Waals surface area contributed by atoms with E-state index in [2.05, 4.69) is 0 Å². The average Bonchev–Trinajstić information content (AvgIpc) is 3.26. The summed E-state index contributed by atoms with van der Waals surface area (Å²) in [7, 11) is 1.63. The van der Waals surface area contributed by atoms with Gasteiger partial charge in [-0.1, -0.05) is 12.1 Å². The van der Waals surface area contributed by atoms with Gasteiger partial charge in [0, 0.05) is 19.7 Å². The predicted molar refractivity (Wildman–Crippen MR) is 76.4 cm³/mol. The van der Waals surface area contributed by atoms with Gasteiger partial charge in [0.25, 0.3) is 0 Å². The highest BCUT2D eigenvalue weighted by Gasteiger charge is 2.34. The lowest BCUT2D eigenvalue weighted by Crippen LogP contribution is -2.47. The topological polar surface area (TPSA) is 75.8 Å². The third-order valence-electron chi connectivity index (χ3n) is 3.52. The van der Waals surface area contributed by atoms with Crippen LogP contribution in [-0.2, 0) is 16.0 Å². The molecule has 1 amide bonds. The minimum absolute atomic E-state index is 0.0161. The molecule has 5 heteroatoms. The van der Waals surface area contributed by atoms with Crippen LogP contribution < -0.4 is 5.73 Å². The normalized spacial score (nSPS) is 15.9. The van der Waals surface area contributed by atoms with Crippen molar-refractivity contribution in [3.8, 4) is 5.75 Å². The number of phenolic OH excluding ortho intramolecular Hbond substituents is 1. The molecule has 2 rings (SSSR count). The van der Waals surface area contributed by atoms with E-state index in [9.17, 15) is 9.90 Å². The zero-order valence-corrected chi connectivity index (χ0v) is 11.8. The Balaban J connectivity index is 1.93. The molecule has 5 nitrogen and oxygen atoms in total. The van der Waals surface area contributed by atoms with Crippen molar-refractivity contribution < 1.29 is 14.6 Å². The van der Waals surface area contributed by atoms with E-state index >= 15 is 0 Å². The molecular formula is C15H22N2O3. The Morgan fingerprint density at radius 2 is 2.10 bits per heavy atom. The van der Waals surface area contributed by atoms with Crippen LogP contribution in [0.5, 0.6) is 5.75 Å². The van der Waals surface area contributed by atoms with Crippen LogP contribution in [-0.4, -0.2) is 48.3 Å². The van der Waals surface area contributed by atoms with Crippen LogP contribution in [0.4, 0.5) is 0 Å². The summed E-state index contributed by atoms with van der Waals surface area (Å²) in [6.45, 7) is 1.14. The average molecular weight is 278 g/mol. The summed E-state index contributed by atoms with van der Waals surface area (Å²) >= 11 is 0. The molecule has 0 spiro atoms. The SMILES string of the molecule is COCCN(C(=O)[C@H](N)Cc1ccc(O)cc1)C1CC1. The second-order valence-electron chi connectivity index (χ2n) is 5.23. The summed E-state index contributed by atoms with van der Waals surface area (Å²) in [6, 6.07) is 6.59. The van der Waals surface area contributed by atoms with Crippen molar-refractivity contribution in [3.63, 3.8) is 0 Å². The molecule has 0 bridgehead atoms. The number of aromatic hydroxyl groups is 1. The van der Waals surface area contributed by atoms with Crippen LogP contribution >= 0.6 is 0 Å². The van der Waals surface area contributed by atoms with Crippen LogP contribution in [0.1, 0.15) is 18.4 Å². The highest BCUT2D eigenvalue weighted by Crippen LogP contribution is 2.27. The molecule has 3 N–H and O–H groups in total. The number of phenols is 1. The van der Waals surface area contributed by atoms with E-state index in [-0.39, 0.29) is 11.7 Å². The number of hydrogen-bond donors (Lipinski definition) is 2. The van der Waals surface area contributed by atoms with Gasteiger partial charge in [0.15, 0.2) is 0 Å². The number of benzene rings is 1. The van der Waals surface area contributed by atoms with E-state index in [1.165, 1.54) is 0 Å². The van der Waals surface area contributed by atoms with Gasteiger partial charge in [0.1, 0.15) is 5.75 Å². The second kappa shape index (κ2) is 6.72. The Morgan fingerprint density at radius 1 is 1.45 bits per heavy atom. The first-order valence-corrected chi connectivity index (χ1v) is 6.94. The van der Waals surface area contributed by atoms with Crippen molar-refractivity contribution in [2.75, 3.05) is 20.3 Å². The Bertz CT molecular complexity index is 443. The lowest BCUT2D eigenvalue weighted by Gasteiger charge is -2.25. The number of amides is 1. The largest absolute Gasteiger partial charge is 0.508 e. The van der Waals surface area contributed by atoms with E-state index in [1.54, 1.807) is 31.4 Å². The number of nitrogens with zero attached hydrogens (tertiary/aromatic N) is 1. The van der Waals surface area contributed by atoms with Gasteiger partial charge in [-0.15, -0.1) is 0 Å². The fourth-order valence-electron chi connectivity index (χ4n) is 2.23. The molecule has 0 aromatic heterocycles. The van der Waals surface area contributed by atoms with Gasteiger partial charge in [-0.05, 0) is 37.0 Å². The predicted octanol–water partition coefficient (Wildman–Crippen LogP) is 0.899. The van der Waals surface area contributed by atoms with Gasteiger partial charge in [0.05, 0.1) is 12.6 Å². The van der Waals surface area contributed by atoms with Crippen LogP contribution in [0, 0.1) is 0 Å². The molecule has 0 saturated heterocycles. The van der Waals surface area contributed by atoms with E-state index in [0.717, 1.165) is 18.4 Å². The van der Waals surface area contributed by atoms with Gasteiger partial charge in [0.2, 0.25) is 5.91 Å². The van der Waals surface area contributed by atoms with Crippen LogP contribution in [0.25, 0.3) is 0 Å². The van der Waals surface area contributed by atoms with Crippen molar-refractivity contribution >= 4 is 5.91 Å². The number of rotatable bonds is 7.